The molecule has 9 heteroatoms. The fourth-order valence-electron chi connectivity index (χ4n) is 1.73. The molecule has 22 heavy (non-hydrogen) atoms. The lowest BCUT2D eigenvalue weighted by Gasteiger charge is -2.25. The van der Waals surface area contributed by atoms with Gasteiger partial charge in [-0.2, -0.15) is 0 Å². The Balaban J connectivity index is 4.25. The maximum Gasteiger partial charge on any atom is 0.337 e. The molecule has 9 nitrogen and oxygen atoms in total. The van der Waals surface area contributed by atoms with Crippen molar-refractivity contribution in [3.8, 4) is 0 Å². The summed E-state index contributed by atoms with van der Waals surface area (Å²) in [5.41, 5.74) is 2.37. The van der Waals surface area contributed by atoms with E-state index in [0.29, 0.717) is 6.54 Å². The summed E-state index contributed by atoms with van der Waals surface area (Å²) in [6, 6.07) is 0. The molecule has 0 fully saturated rings. The van der Waals surface area contributed by atoms with Crippen LogP contribution in [-0.2, 0) is 14.4 Å². The number of rotatable bonds is 13. The first-order chi connectivity index (χ1) is 10.3. The molecular weight excluding hydrogens is 298 g/mol. The number of carboxylic acid groups (broad SMARTS) is 2. The van der Waals surface area contributed by atoms with Gasteiger partial charge in [0, 0.05) is 6.54 Å². The van der Waals surface area contributed by atoms with Gasteiger partial charge in [-0.25, -0.2) is 15.1 Å². The van der Waals surface area contributed by atoms with E-state index in [4.69, 9.17) is 20.2 Å². The maximum absolute atomic E-state index is 11.0. The van der Waals surface area contributed by atoms with E-state index in [1.54, 1.807) is 0 Å². The first-order valence-corrected chi connectivity index (χ1v) is 7.21. The molecule has 0 heterocycles. The van der Waals surface area contributed by atoms with Gasteiger partial charge in [-0.05, 0) is 6.42 Å². The molecule has 0 amide bonds. The van der Waals surface area contributed by atoms with E-state index in [2.05, 4.69) is 12.4 Å². The highest BCUT2D eigenvalue weighted by Crippen LogP contribution is 2.09. The van der Waals surface area contributed by atoms with Gasteiger partial charge in [-0.3, -0.25) is 4.84 Å². The predicted octanol–water partition coefficient (Wildman–Crippen LogP) is -0.901. The molecule has 6 N–H and O–H groups in total. The van der Waals surface area contributed by atoms with Crippen molar-refractivity contribution >= 4 is 11.9 Å². The number of aliphatic hydroxyl groups excluding tert-OH is 3. The van der Waals surface area contributed by atoms with E-state index in [-0.39, 0.29) is 0 Å². The van der Waals surface area contributed by atoms with Crippen LogP contribution in [-0.4, -0.2) is 68.4 Å². The molecule has 0 aliphatic rings. The second-order valence-electron chi connectivity index (χ2n) is 4.95. The summed E-state index contributed by atoms with van der Waals surface area (Å²) in [6.45, 7) is 2.43. The Morgan fingerprint density at radius 3 is 2.05 bits per heavy atom. The number of carbonyl (C=O) groups is 2. The smallest absolute Gasteiger partial charge is 0.337 e. The van der Waals surface area contributed by atoms with Crippen LogP contribution in [0.4, 0.5) is 0 Å². The minimum Gasteiger partial charge on any atom is -0.479 e. The first-order valence-electron chi connectivity index (χ1n) is 7.21. The number of hydrogen-bond acceptors (Lipinski definition) is 7. The van der Waals surface area contributed by atoms with Crippen molar-refractivity contribution in [2.24, 2.45) is 0 Å². The Morgan fingerprint density at radius 1 is 0.955 bits per heavy atom. The molecule has 0 rings (SSSR count). The first kappa shape index (κ1) is 20.7. The third-order valence-electron chi connectivity index (χ3n) is 3.07. The van der Waals surface area contributed by atoms with Gasteiger partial charge >= 0.3 is 11.9 Å². The molecular formula is C13H25NO8. The zero-order valence-corrected chi connectivity index (χ0v) is 12.5. The number of carboxylic acids is 2. The second kappa shape index (κ2) is 11.3. The molecule has 0 aliphatic carbocycles. The molecule has 0 spiro atoms. The third kappa shape index (κ3) is 7.66. The molecule has 0 saturated heterocycles. The molecule has 0 radical (unpaired) electrons. The van der Waals surface area contributed by atoms with Crippen LogP contribution < -0.4 is 5.48 Å². The van der Waals surface area contributed by atoms with E-state index in [1.807, 2.05) is 0 Å². The van der Waals surface area contributed by atoms with Crippen LogP contribution in [0.5, 0.6) is 0 Å². The average molecular weight is 323 g/mol. The van der Waals surface area contributed by atoms with Crippen molar-refractivity contribution in [3.05, 3.63) is 0 Å². The summed E-state index contributed by atoms with van der Waals surface area (Å²) in [5, 5.41) is 45.6. The monoisotopic (exact) mass is 323 g/mol. The summed E-state index contributed by atoms with van der Waals surface area (Å²) >= 11 is 0. The van der Waals surface area contributed by atoms with Crippen molar-refractivity contribution in [1.82, 2.24) is 5.48 Å². The SMILES string of the molecule is CCCCCCCNO[C@@H](C(=O)O)[C@@H](O)[C@H](O)[C@H](O)C(=O)O. The molecule has 0 aromatic heterocycles. The predicted molar refractivity (Wildman–Crippen MR) is 74.9 cm³/mol. The molecule has 0 aromatic rings. The van der Waals surface area contributed by atoms with Crippen molar-refractivity contribution < 1.29 is 40.0 Å². The lowest BCUT2D eigenvalue weighted by atomic mass is 10.0. The number of aliphatic carboxylic acids is 2. The van der Waals surface area contributed by atoms with Crippen LogP contribution >= 0.6 is 0 Å². The van der Waals surface area contributed by atoms with Crippen molar-refractivity contribution in [2.45, 2.75) is 63.4 Å². The molecule has 0 aliphatic heterocycles. The highest BCUT2D eigenvalue weighted by atomic mass is 16.7. The average Bonchev–Trinajstić information content (AvgIpc) is 2.47. The Bertz CT molecular complexity index is 338. The van der Waals surface area contributed by atoms with Gasteiger partial charge in [0.1, 0.15) is 12.2 Å². The lowest BCUT2D eigenvalue weighted by molar-refractivity contribution is -0.186. The number of hydrogen-bond donors (Lipinski definition) is 6. The Labute approximate surface area is 128 Å². The normalized spacial score (nSPS) is 16.7. The Kier molecular flexibility index (Phi) is 10.7. The third-order valence-corrected chi connectivity index (χ3v) is 3.07. The number of hydroxylamine groups is 1. The zero-order valence-electron chi connectivity index (χ0n) is 12.5. The molecule has 0 aromatic carbocycles. The van der Waals surface area contributed by atoms with Crippen LogP contribution in [0.2, 0.25) is 0 Å². The quantitative estimate of drug-likeness (QED) is 0.187. The van der Waals surface area contributed by atoms with E-state index < -0.39 is 36.4 Å². The molecule has 130 valence electrons. The van der Waals surface area contributed by atoms with Crippen LogP contribution in [0.1, 0.15) is 39.0 Å². The summed E-state index contributed by atoms with van der Waals surface area (Å²) in [7, 11) is 0. The second-order valence-corrected chi connectivity index (χ2v) is 4.95. The highest BCUT2D eigenvalue weighted by molar-refractivity contribution is 5.75. The summed E-state index contributed by atoms with van der Waals surface area (Å²) < 4.78 is 0. The van der Waals surface area contributed by atoms with Crippen LogP contribution in [0.3, 0.4) is 0 Å². The minimum absolute atomic E-state index is 0.345. The van der Waals surface area contributed by atoms with E-state index in [9.17, 15) is 19.8 Å². The van der Waals surface area contributed by atoms with E-state index in [0.717, 1.165) is 32.1 Å². The van der Waals surface area contributed by atoms with Gasteiger partial charge in [-0.15, -0.1) is 0 Å². The van der Waals surface area contributed by atoms with Crippen molar-refractivity contribution in [2.75, 3.05) is 6.54 Å². The number of unbranched alkanes of at least 4 members (excludes halogenated alkanes) is 4. The van der Waals surface area contributed by atoms with Gasteiger partial charge in [0.15, 0.2) is 6.10 Å². The fourth-order valence-corrected chi connectivity index (χ4v) is 1.73. The lowest BCUT2D eigenvalue weighted by Crippen LogP contribution is -2.52. The summed E-state index contributed by atoms with van der Waals surface area (Å²) in [6.07, 6.45) is -3.58. The van der Waals surface area contributed by atoms with Crippen LogP contribution in [0, 0.1) is 0 Å². The van der Waals surface area contributed by atoms with E-state index >= 15 is 0 Å². The standard InChI is InChI=1S/C13H25NO8/c1-2-3-4-5-6-7-14-22-11(13(20)21)9(16)8(15)10(17)12(18)19/h8-11,14-17H,2-7H2,1H3,(H,18,19)(H,20,21)/t8-,9-,10-,11+/m0/s1. The fraction of sp³-hybridized carbons (Fsp3) is 0.846. The highest BCUT2D eigenvalue weighted by Gasteiger charge is 2.39. The largest absolute Gasteiger partial charge is 0.479 e. The molecule has 0 bridgehead atoms. The topological polar surface area (TPSA) is 157 Å². The van der Waals surface area contributed by atoms with Gasteiger partial charge in [0.25, 0.3) is 0 Å². The summed E-state index contributed by atoms with van der Waals surface area (Å²) in [5.74, 6) is -3.37. The van der Waals surface area contributed by atoms with Crippen LogP contribution in [0.15, 0.2) is 0 Å². The van der Waals surface area contributed by atoms with Gasteiger partial charge in [0.05, 0.1) is 0 Å². The Hall–Kier alpha value is -1.26. The maximum atomic E-state index is 11.0. The van der Waals surface area contributed by atoms with Gasteiger partial charge in [-0.1, -0.05) is 32.6 Å². The molecule has 0 unspecified atom stereocenters. The number of nitrogens with one attached hydrogen (secondary N) is 1. The zero-order chi connectivity index (χ0) is 17.1. The van der Waals surface area contributed by atoms with Crippen LogP contribution in [0.25, 0.3) is 0 Å². The summed E-state index contributed by atoms with van der Waals surface area (Å²) in [4.78, 5) is 26.2. The molecule has 4 atom stereocenters. The Morgan fingerprint density at radius 2 is 1.55 bits per heavy atom. The van der Waals surface area contributed by atoms with Crippen molar-refractivity contribution in [3.63, 3.8) is 0 Å². The number of aliphatic hydroxyl groups is 3. The minimum atomic E-state index is -2.31. The van der Waals surface area contributed by atoms with E-state index in [1.165, 1.54) is 0 Å². The van der Waals surface area contributed by atoms with Gasteiger partial charge in [0.2, 0.25) is 6.10 Å². The van der Waals surface area contributed by atoms with Crippen molar-refractivity contribution in [1.29, 1.82) is 0 Å². The molecule has 0 saturated carbocycles. The van der Waals surface area contributed by atoms with Gasteiger partial charge < -0.3 is 25.5 Å².